The lowest BCUT2D eigenvalue weighted by Crippen LogP contribution is -2.59. The van der Waals surface area contributed by atoms with Crippen LogP contribution in [-0.4, -0.2) is 54.0 Å². The van der Waals surface area contributed by atoms with Crippen LogP contribution in [0.3, 0.4) is 0 Å². The van der Waals surface area contributed by atoms with E-state index in [-0.39, 0.29) is 24.2 Å². The second-order valence-electron chi connectivity index (χ2n) is 9.81. The number of hydrogen-bond acceptors (Lipinski definition) is 6. The summed E-state index contributed by atoms with van der Waals surface area (Å²) in [5.74, 6) is 1.07. The highest BCUT2D eigenvalue weighted by Crippen LogP contribution is 2.34. The molecule has 0 aliphatic carbocycles. The van der Waals surface area contributed by atoms with Crippen LogP contribution in [0.5, 0.6) is 0 Å². The Morgan fingerprint density at radius 1 is 1.08 bits per heavy atom. The van der Waals surface area contributed by atoms with Crippen LogP contribution < -0.4 is 10.5 Å². The zero-order valence-corrected chi connectivity index (χ0v) is 21.7. The van der Waals surface area contributed by atoms with Crippen molar-refractivity contribution in [2.45, 2.75) is 58.3 Å². The Balaban J connectivity index is 1.53. The molecular formula is C27H34N8O. The molecule has 1 aliphatic heterocycles. The summed E-state index contributed by atoms with van der Waals surface area (Å²) in [5.41, 5.74) is 4.51. The van der Waals surface area contributed by atoms with E-state index in [1.54, 1.807) is 28.6 Å². The monoisotopic (exact) mass is 486 g/mol. The van der Waals surface area contributed by atoms with E-state index in [1.807, 2.05) is 6.07 Å². The second-order valence-corrected chi connectivity index (χ2v) is 9.81. The van der Waals surface area contributed by atoms with Crippen LogP contribution in [-0.2, 0) is 20.6 Å². The van der Waals surface area contributed by atoms with Gasteiger partial charge in [-0.25, -0.2) is 4.98 Å². The molecule has 0 amide bonds. The van der Waals surface area contributed by atoms with Gasteiger partial charge in [0.1, 0.15) is 17.9 Å². The number of imidazole rings is 1. The quantitative estimate of drug-likeness (QED) is 0.414. The van der Waals surface area contributed by atoms with Crippen LogP contribution >= 0.6 is 0 Å². The van der Waals surface area contributed by atoms with Crippen LogP contribution in [0.4, 0.5) is 5.69 Å². The number of rotatable bonds is 6. The second kappa shape index (κ2) is 9.43. The number of anilines is 1. The normalized spacial score (nSPS) is 19.7. The van der Waals surface area contributed by atoms with Crippen molar-refractivity contribution in [1.29, 1.82) is 5.26 Å². The number of aromatic nitrogens is 5. The van der Waals surface area contributed by atoms with Crippen molar-refractivity contribution in [2.75, 3.05) is 18.0 Å². The summed E-state index contributed by atoms with van der Waals surface area (Å²) in [7, 11) is 3.86. The number of nitriles is 1. The Hall–Kier alpha value is -3.64. The summed E-state index contributed by atoms with van der Waals surface area (Å²) in [5, 5.41) is 13.9. The summed E-state index contributed by atoms with van der Waals surface area (Å²) < 4.78 is 5.45. The molecule has 5 rings (SSSR count). The number of aryl methyl sites for hydroxylation is 2. The van der Waals surface area contributed by atoms with Crippen molar-refractivity contribution in [3.63, 3.8) is 0 Å². The molecule has 1 aromatic carbocycles. The average Bonchev–Trinajstić information content (AvgIpc) is 3.47. The minimum Gasteiger partial charge on any atom is -0.364 e. The molecule has 0 saturated carbocycles. The van der Waals surface area contributed by atoms with E-state index in [0.717, 1.165) is 59.5 Å². The highest BCUT2D eigenvalue weighted by molar-refractivity contribution is 5.88. The predicted molar refractivity (Wildman–Crippen MR) is 142 cm³/mol. The molecule has 4 heterocycles. The van der Waals surface area contributed by atoms with E-state index in [2.05, 4.69) is 66.5 Å². The summed E-state index contributed by atoms with van der Waals surface area (Å²) >= 11 is 0. The van der Waals surface area contributed by atoms with Gasteiger partial charge < -0.3 is 14.0 Å². The summed E-state index contributed by atoms with van der Waals surface area (Å²) in [6.45, 7) is 8.51. The molecule has 3 aromatic heterocycles. The number of nitrogens with zero attached hydrogens (tertiary/aromatic N) is 8. The van der Waals surface area contributed by atoms with Gasteiger partial charge >= 0.3 is 0 Å². The average molecular weight is 487 g/mol. The fourth-order valence-corrected chi connectivity index (χ4v) is 5.75. The van der Waals surface area contributed by atoms with Crippen molar-refractivity contribution in [3.05, 3.63) is 52.7 Å². The van der Waals surface area contributed by atoms with Crippen LogP contribution in [0.2, 0.25) is 0 Å². The smallest absolute Gasteiger partial charge is 0.252 e. The standard InChI is InChI=1S/C27H34N8O/c1-6-19-16-35(23-14-25(36)31(4)24-17-33(13-12-28)30-26(23)24)20(7-2)15-34(19)18(3)27-29-21-10-8-9-11-22(21)32(27)5/h8-11,14,17-20H,6-7,13,15-16H2,1-5H3/t18?,19-,20+/m1/s1. The zero-order chi connectivity index (χ0) is 25.6. The number of piperazine rings is 1. The van der Waals surface area contributed by atoms with Gasteiger partial charge in [0.15, 0.2) is 0 Å². The summed E-state index contributed by atoms with van der Waals surface area (Å²) in [6.07, 6.45) is 3.72. The Kier molecular flexibility index (Phi) is 6.31. The Labute approximate surface area is 211 Å². The first-order chi connectivity index (χ1) is 17.4. The van der Waals surface area contributed by atoms with Gasteiger partial charge in [-0.3, -0.25) is 14.4 Å². The molecule has 9 heteroatoms. The van der Waals surface area contributed by atoms with E-state index < -0.39 is 0 Å². The highest BCUT2D eigenvalue weighted by Gasteiger charge is 2.37. The predicted octanol–water partition coefficient (Wildman–Crippen LogP) is 3.59. The minimum absolute atomic E-state index is 0.0626. The van der Waals surface area contributed by atoms with Crippen molar-refractivity contribution in [3.8, 4) is 6.07 Å². The van der Waals surface area contributed by atoms with Gasteiger partial charge in [0.2, 0.25) is 0 Å². The fraction of sp³-hybridized carbons (Fsp3) is 0.481. The number of pyridine rings is 1. The van der Waals surface area contributed by atoms with Gasteiger partial charge in [-0.05, 0) is 31.9 Å². The van der Waals surface area contributed by atoms with Gasteiger partial charge in [-0.15, -0.1) is 0 Å². The SMILES string of the molecule is CC[C@H]1CN(C(C)c2nc3ccccc3n2C)[C@H](CC)CN1c1cc(=O)n(C)c2cn(CC#N)nc12. The molecular weight excluding hydrogens is 452 g/mol. The van der Waals surface area contributed by atoms with Gasteiger partial charge in [-0.2, -0.15) is 10.4 Å². The first-order valence-electron chi connectivity index (χ1n) is 12.8. The maximum absolute atomic E-state index is 12.9. The molecule has 1 aliphatic rings. The maximum atomic E-state index is 12.9. The zero-order valence-electron chi connectivity index (χ0n) is 21.7. The lowest BCUT2D eigenvalue weighted by atomic mass is 9.99. The van der Waals surface area contributed by atoms with Gasteiger partial charge in [-0.1, -0.05) is 26.0 Å². The molecule has 0 N–H and O–H groups in total. The van der Waals surface area contributed by atoms with Crippen molar-refractivity contribution in [1.82, 2.24) is 28.8 Å². The van der Waals surface area contributed by atoms with Crippen molar-refractivity contribution in [2.24, 2.45) is 14.1 Å². The number of para-hydroxylation sites is 2. The third-order valence-corrected chi connectivity index (χ3v) is 7.85. The molecule has 4 aromatic rings. The van der Waals surface area contributed by atoms with Crippen molar-refractivity contribution < 1.29 is 0 Å². The maximum Gasteiger partial charge on any atom is 0.252 e. The first kappa shape index (κ1) is 24.1. The lowest BCUT2D eigenvalue weighted by Gasteiger charge is -2.49. The van der Waals surface area contributed by atoms with E-state index in [9.17, 15) is 10.1 Å². The molecule has 1 unspecified atom stereocenters. The fourth-order valence-electron chi connectivity index (χ4n) is 5.75. The van der Waals surface area contributed by atoms with E-state index in [4.69, 9.17) is 10.1 Å². The Bertz CT molecular complexity index is 1510. The van der Waals surface area contributed by atoms with Crippen LogP contribution in [0.15, 0.2) is 41.3 Å². The topological polar surface area (TPSA) is 87.9 Å². The summed E-state index contributed by atoms with van der Waals surface area (Å²) in [4.78, 5) is 22.9. The third kappa shape index (κ3) is 3.86. The third-order valence-electron chi connectivity index (χ3n) is 7.85. The van der Waals surface area contributed by atoms with Crippen LogP contribution in [0.1, 0.15) is 45.5 Å². The minimum atomic E-state index is -0.0626. The summed E-state index contributed by atoms with van der Waals surface area (Å²) in [6, 6.07) is 12.8. The van der Waals surface area contributed by atoms with Crippen LogP contribution in [0.25, 0.3) is 22.1 Å². The Morgan fingerprint density at radius 2 is 1.83 bits per heavy atom. The molecule has 1 fully saturated rings. The van der Waals surface area contributed by atoms with Crippen LogP contribution in [0, 0.1) is 11.3 Å². The van der Waals surface area contributed by atoms with E-state index in [1.165, 1.54) is 0 Å². The van der Waals surface area contributed by atoms with E-state index in [0.29, 0.717) is 6.04 Å². The Morgan fingerprint density at radius 3 is 2.53 bits per heavy atom. The van der Waals surface area contributed by atoms with Gasteiger partial charge in [0.05, 0.1) is 40.5 Å². The molecule has 188 valence electrons. The molecule has 9 nitrogen and oxygen atoms in total. The van der Waals surface area contributed by atoms with Gasteiger partial charge in [0.25, 0.3) is 5.56 Å². The van der Waals surface area contributed by atoms with Gasteiger partial charge in [0, 0.05) is 45.3 Å². The number of benzene rings is 1. The van der Waals surface area contributed by atoms with E-state index >= 15 is 0 Å². The first-order valence-corrected chi connectivity index (χ1v) is 12.8. The molecule has 0 radical (unpaired) electrons. The number of fused-ring (bicyclic) bond motifs is 2. The lowest BCUT2D eigenvalue weighted by molar-refractivity contribution is 0.0958. The van der Waals surface area contributed by atoms with Crippen molar-refractivity contribution >= 4 is 27.8 Å². The largest absolute Gasteiger partial charge is 0.364 e. The molecule has 0 bridgehead atoms. The molecule has 1 saturated heterocycles. The molecule has 36 heavy (non-hydrogen) atoms. The number of hydrogen-bond donors (Lipinski definition) is 0. The molecule has 3 atom stereocenters. The highest BCUT2D eigenvalue weighted by atomic mass is 16.1. The molecule has 0 spiro atoms.